The first-order chi connectivity index (χ1) is 10.7. The van der Waals surface area contributed by atoms with Crippen molar-refractivity contribution in [2.45, 2.75) is 26.2 Å². The average Bonchev–Trinajstić information content (AvgIpc) is 2.44. The van der Waals surface area contributed by atoms with Crippen molar-refractivity contribution >= 4 is 29.0 Å². The van der Waals surface area contributed by atoms with E-state index in [2.05, 4.69) is 31.4 Å². The summed E-state index contributed by atoms with van der Waals surface area (Å²) in [6.07, 6.45) is 0. The number of nitrogens with one attached hydrogen (secondary N) is 2. The molecule has 0 unspecified atom stereocenters. The molecule has 3 N–H and O–H groups in total. The zero-order valence-corrected chi connectivity index (χ0v) is 13.8. The Bertz CT molecular complexity index is 725. The lowest BCUT2D eigenvalue weighted by atomic mass is 9.87. The predicted octanol–water partition coefficient (Wildman–Crippen LogP) is 5.13. The first-order valence-corrected chi connectivity index (χ1v) is 7.41. The molecule has 0 spiro atoms. The number of phenolic OH excluding ortho intramolecular Hbond substituents is 1. The van der Waals surface area contributed by atoms with Crippen molar-refractivity contribution in [3.63, 3.8) is 0 Å². The average molecular weight is 337 g/mol. The molecule has 0 aliphatic carbocycles. The molecule has 122 valence electrons. The largest absolute Gasteiger partial charge is 0.506 e. The fraction of sp³-hybridized carbons (Fsp3) is 0.235. The molecule has 0 aromatic heterocycles. The van der Waals surface area contributed by atoms with Crippen LogP contribution in [0, 0.1) is 5.82 Å². The molecule has 2 amide bonds. The molecular weight excluding hydrogens is 319 g/mol. The van der Waals surface area contributed by atoms with Gasteiger partial charge in [-0.2, -0.15) is 0 Å². The first-order valence-electron chi connectivity index (χ1n) is 7.03. The Morgan fingerprint density at radius 3 is 2.30 bits per heavy atom. The van der Waals surface area contributed by atoms with Crippen molar-refractivity contribution in [1.82, 2.24) is 0 Å². The molecule has 4 nitrogen and oxygen atoms in total. The normalized spacial score (nSPS) is 11.2. The van der Waals surface area contributed by atoms with Gasteiger partial charge in [0.1, 0.15) is 5.75 Å². The van der Waals surface area contributed by atoms with Crippen molar-refractivity contribution in [3.8, 4) is 5.75 Å². The van der Waals surface area contributed by atoms with Gasteiger partial charge in [-0.15, -0.1) is 0 Å². The van der Waals surface area contributed by atoms with E-state index in [4.69, 9.17) is 11.6 Å². The fourth-order valence-electron chi connectivity index (χ4n) is 1.97. The van der Waals surface area contributed by atoms with Crippen LogP contribution in [0.15, 0.2) is 36.4 Å². The summed E-state index contributed by atoms with van der Waals surface area (Å²) in [5.74, 6) is -1.15. The van der Waals surface area contributed by atoms with Crippen LogP contribution in [0.5, 0.6) is 5.75 Å². The lowest BCUT2D eigenvalue weighted by Crippen LogP contribution is -2.20. The summed E-state index contributed by atoms with van der Waals surface area (Å²) in [6, 6.07) is 8.79. The molecule has 0 fully saturated rings. The Balaban J connectivity index is 2.07. The Morgan fingerprint density at radius 1 is 1.13 bits per heavy atom. The number of anilines is 2. The van der Waals surface area contributed by atoms with Crippen molar-refractivity contribution in [2.24, 2.45) is 0 Å². The highest BCUT2D eigenvalue weighted by Crippen LogP contribution is 2.29. The van der Waals surface area contributed by atoms with E-state index in [0.29, 0.717) is 5.69 Å². The Kier molecular flexibility index (Phi) is 4.80. The van der Waals surface area contributed by atoms with E-state index < -0.39 is 11.8 Å². The molecule has 2 rings (SSSR count). The lowest BCUT2D eigenvalue weighted by molar-refractivity contribution is 0.262. The smallest absolute Gasteiger partial charge is 0.323 e. The standard InChI is InChI=1S/C17H18ClFN2O2/c1-17(2,3)10-4-6-11(7-5-10)20-16(23)21-14-8-12(18)15(22)9-13(14)19/h4-9,22H,1-3H3,(H2,20,21,23). The molecule has 0 aliphatic rings. The van der Waals surface area contributed by atoms with Gasteiger partial charge in [0.05, 0.1) is 10.7 Å². The van der Waals surface area contributed by atoms with Gasteiger partial charge in [0.15, 0.2) is 5.82 Å². The number of phenols is 1. The van der Waals surface area contributed by atoms with Gasteiger partial charge in [-0.05, 0) is 29.2 Å². The predicted molar refractivity (Wildman–Crippen MR) is 90.9 cm³/mol. The van der Waals surface area contributed by atoms with Gasteiger partial charge in [0, 0.05) is 11.8 Å². The molecular formula is C17H18ClFN2O2. The van der Waals surface area contributed by atoms with E-state index >= 15 is 0 Å². The summed E-state index contributed by atoms with van der Waals surface area (Å²) in [4.78, 5) is 11.9. The lowest BCUT2D eigenvalue weighted by Gasteiger charge is -2.19. The number of benzene rings is 2. The van der Waals surface area contributed by atoms with E-state index in [1.165, 1.54) is 0 Å². The van der Waals surface area contributed by atoms with Crippen LogP contribution in [-0.4, -0.2) is 11.1 Å². The van der Waals surface area contributed by atoms with Crippen LogP contribution in [0.2, 0.25) is 5.02 Å². The monoisotopic (exact) mass is 336 g/mol. The van der Waals surface area contributed by atoms with E-state index in [0.717, 1.165) is 17.7 Å². The first kappa shape index (κ1) is 17.1. The highest BCUT2D eigenvalue weighted by atomic mass is 35.5. The summed E-state index contributed by atoms with van der Waals surface area (Å²) < 4.78 is 13.7. The maximum atomic E-state index is 13.7. The summed E-state index contributed by atoms with van der Waals surface area (Å²) in [6.45, 7) is 6.29. The maximum Gasteiger partial charge on any atom is 0.323 e. The highest BCUT2D eigenvalue weighted by molar-refractivity contribution is 6.32. The van der Waals surface area contributed by atoms with E-state index in [1.54, 1.807) is 12.1 Å². The van der Waals surface area contributed by atoms with Gasteiger partial charge in [-0.1, -0.05) is 44.5 Å². The number of urea groups is 1. The zero-order chi connectivity index (χ0) is 17.2. The summed E-state index contributed by atoms with van der Waals surface area (Å²) in [7, 11) is 0. The fourth-order valence-corrected chi connectivity index (χ4v) is 2.13. The molecule has 0 saturated carbocycles. The van der Waals surface area contributed by atoms with Crippen LogP contribution < -0.4 is 10.6 Å². The van der Waals surface area contributed by atoms with Gasteiger partial charge in [-0.25, -0.2) is 9.18 Å². The number of amides is 2. The van der Waals surface area contributed by atoms with Crippen molar-refractivity contribution in [2.75, 3.05) is 10.6 Å². The number of carbonyl (C=O) groups excluding carboxylic acids is 1. The number of carbonyl (C=O) groups is 1. The summed E-state index contributed by atoms with van der Waals surface area (Å²) in [5, 5.41) is 14.2. The second-order valence-electron chi connectivity index (χ2n) is 6.19. The van der Waals surface area contributed by atoms with Gasteiger partial charge in [0.2, 0.25) is 0 Å². The van der Waals surface area contributed by atoms with E-state index in [9.17, 15) is 14.3 Å². The van der Waals surface area contributed by atoms with Crippen LogP contribution in [0.4, 0.5) is 20.6 Å². The van der Waals surface area contributed by atoms with Gasteiger partial charge >= 0.3 is 6.03 Å². The number of hydrogen-bond donors (Lipinski definition) is 3. The molecule has 6 heteroatoms. The molecule has 0 heterocycles. The minimum atomic E-state index is -0.773. The number of aromatic hydroxyl groups is 1. The summed E-state index contributed by atoms with van der Waals surface area (Å²) >= 11 is 5.70. The highest BCUT2D eigenvalue weighted by Gasteiger charge is 2.14. The Morgan fingerprint density at radius 2 is 1.74 bits per heavy atom. The van der Waals surface area contributed by atoms with Crippen LogP contribution in [0.25, 0.3) is 0 Å². The molecule has 2 aromatic carbocycles. The number of halogens is 2. The molecule has 0 radical (unpaired) electrons. The third-order valence-corrected chi connectivity index (χ3v) is 3.60. The molecule has 0 atom stereocenters. The minimum absolute atomic E-state index is 0.0205. The van der Waals surface area contributed by atoms with Crippen molar-refractivity contribution in [3.05, 3.63) is 52.8 Å². The Hall–Kier alpha value is -2.27. The molecule has 0 aliphatic heterocycles. The molecule has 23 heavy (non-hydrogen) atoms. The van der Waals surface area contributed by atoms with Crippen LogP contribution in [0.3, 0.4) is 0 Å². The topological polar surface area (TPSA) is 61.4 Å². The van der Waals surface area contributed by atoms with Crippen LogP contribution in [0.1, 0.15) is 26.3 Å². The third-order valence-electron chi connectivity index (χ3n) is 3.29. The second-order valence-corrected chi connectivity index (χ2v) is 6.60. The molecule has 2 aromatic rings. The minimum Gasteiger partial charge on any atom is -0.506 e. The maximum absolute atomic E-state index is 13.7. The third kappa shape index (κ3) is 4.36. The Labute approximate surface area is 139 Å². The van der Waals surface area contributed by atoms with E-state index in [-0.39, 0.29) is 21.9 Å². The quantitative estimate of drug-likeness (QED) is 0.666. The van der Waals surface area contributed by atoms with Crippen molar-refractivity contribution in [1.29, 1.82) is 0 Å². The van der Waals surface area contributed by atoms with Crippen LogP contribution in [-0.2, 0) is 5.41 Å². The number of hydrogen-bond acceptors (Lipinski definition) is 2. The molecule has 0 bridgehead atoms. The SMILES string of the molecule is CC(C)(C)c1ccc(NC(=O)Nc2cc(Cl)c(O)cc2F)cc1. The van der Waals surface area contributed by atoms with Gasteiger partial charge in [0.25, 0.3) is 0 Å². The zero-order valence-electron chi connectivity index (χ0n) is 13.1. The number of rotatable bonds is 2. The molecule has 0 saturated heterocycles. The van der Waals surface area contributed by atoms with Crippen LogP contribution >= 0.6 is 11.6 Å². The van der Waals surface area contributed by atoms with Gasteiger partial charge < -0.3 is 15.7 Å². The van der Waals surface area contributed by atoms with E-state index in [1.807, 2.05) is 12.1 Å². The summed E-state index contributed by atoms with van der Waals surface area (Å²) in [5.41, 5.74) is 1.63. The van der Waals surface area contributed by atoms with Crippen molar-refractivity contribution < 1.29 is 14.3 Å². The second kappa shape index (κ2) is 6.46. The van der Waals surface area contributed by atoms with Gasteiger partial charge in [-0.3, -0.25) is 0 Å².